The van der Waals surface area contributed by atoms with Gasteiger partial charge in [0.15, 0.2) is 0 Å². The molecule has 1 rings (SSSR count). The average Bonchev–Trinajstić information content (AvgIpc) is 2.99. The molecule has 2 unspecified atom stereocenters. The van der Waals surface area contributed by atoms with E-state index in [1.165, 1.54) is 25.7 Å². The highest BCUT2D eigenvalue weighted by Gasteiger charge is 2.28. The molecule has 0 aromatic rings. The molecule has 1 N–H and O–H groups in total. The molecule has 0 heterocycles. The van der Waals surface area contributed by atoms with Crippen LogP contribution < -0.4 is 5.32 Å². The second-order valence-electron chi connectivity index (χ2n) is 4.42. The first kappa shape index (κ1) is 12.0. The van der Waals surface area contributed by atoms with E-state index in [0.29, 0.717) is 12.1 Å². The fourth-order valence-electron chi connectivity index (χ4n) is 2.02. The van der Waals surface area contributed by atoms with Crippen molar-refractivity contribution >= 4 is 0 Å². The van der Waals surface area contributed by atoms with Crippen LogP contribution in [-0.4, -0.2) is 25.8 Å². The molecule has 0 saturated heterocycles. The lowest BCUT2D eigenvalue weighted by molar-refractivity contribution is 0.0607. The summed E-state index contributed by atoms with van der Waals surface area (Å²) in [7, 11) is 1.84. The van der Waals surface area contributed by atoms with E-state index in [-0.39, 0.29) is 0 Å². The maximum absolute atomic E-state index is 5.52. The van der Waals surface area contributed by atoms with Gasteiger partial charge in [-0.25, -0.2) is 0 Å². The monoisotopic (exact) mass is 199 g/mol. The molecule has 2 atom stereocenters. The van der Waals surface area contributed by atoms with E-state index in [1.54, 1.807) is 0 Å². The molecule has 0 aromatic carbocycles. The minimum Gasteiger partial charge on any atom is -0.380 e. The van der Waals surface area contributed by atoms with Crippen molar-refractivity contribution in [3.63, 3.8) is 0 Å². The van der Waals surface area contributed by atoms with Crippen LogP contribution in [0.2, 0.25) is 0 Å². The van der Waals surface area contributed by atoms with Crippen LogP contribution in [0.4, 0.5) is 0 Å². The summed E-state index contributed by atoms with van der Waals surface area (Å²) in [5.74, 6) is 0.980. The number of hydrogen-bond acceptors (Lipinski definition) is 2. The summed E-state index contributed by atoms with van der Waals surface area (Å²) in [5, 5.41) is 3.62. The molecule has 1 aliphatic carbocycles. The summed E-state index contributed by atoms with van der Waals surface area (Å²) in [4.78, 5) is 0. The van der Waals surface area contributed by atoms with Crippen LogP contribution in [0, 0.1) is 5.92 Å². The zero-order valence-electron chi connectivity index (χ0n) is 9.88. The van der Waals surface area contributed by atoms with Gasteiger partial charge in [0, 0.05) is 13.2 Å². The Kier molecular flexibility index (Phi) is 5.49. The van der Waals surface area contributed by atoms with E-state index in [2.05, 4.69) is 19.2 Å². The molecule has 0 bridgehead atoms. The van der Waals surface area contributed by atoms with Crippen LogP contribution in [0.3, 0.4) is 0 Å². The van der Waals surface area contributed by atoms with Gasteiger partial charge in [-0.1, -0.05) is 26.7 Å². The Labute approximate surface area is 88.4 Å². The Balaban J connectivity index is 2.31. The highest BCUT2D eigenvalue weighted by Crippen LogP contribution is 2.34. The maximum atomic E-state index is 5.52. The number of rotatable bonds is 8. The molecular weight excluding hydrogens is 174 g/mol. The molecule has 1 fully saturated rings. The van der Waals surface area contributed by atoms with Crippen molar-refractivity contribution in [3.05, 3.63) is 0 Å². The zero-order valence-corrected chi connectivity index (χ0v) is 9.88. The molecule has 1 aliphatic rings. The topological polar surface area (TPSA) is 21.3 Å². The van der Waals surface area contributed by atoms with E-state index < -0.39 is 0 Å². The van der Waals surface area contributed by atoms with Gasteiger partial charge in [0.05, 0.1) is 6.10 Å². The molecular formula is C12H25NO. The fraction of sp³-hybridized carbons (Fsp3) is 1.00. The van der Waals surface area contributed by atoms with Crippen molar-refractivity contribution in [2.24, 2.45) is 5.92 Å². The molecule has 1 saturated carbocycles. The van der Waals surface area contributed by atoms with Gasteiger partial charge in [0.25, 0.3) is 0 Å². The van der Waals surface area contributed by atoms with Gasteiger partial charge in [0.1, 0.15) is 0 Å². The lowest BCUT2D eigenvalue weighted by Crippen LogP contribution is -2.41. The van der Waals surface area contributed by atoms with Crippen molar-refractivity contribution in [3.8, 4) is 0 Å². The standard InChI is InChI=1S/C12H25NO/c1-4-8-13-11(9-10-6-7-10)12(5-2)14-3/h10-13H,4-9H2,1-3H3. The average molecular weight is 199 g/mol. The second kappa shape index (κ2) is 6.41. The molecule has 2 nitrogen and oxygen atoms in total. The summed E-state index contributed by atoms with van der Waals surface area (Å²) >= 11 is 0. The highest BCUT2D eigenvalue weighted by atomic mass is 16.5. The number of methoxy groups -OCH3 is 1. The predicted molar refractivity (Wildman–Crippen MR) is 60.5 cm³/mol. The van der Waals surface area contributed by atoms with E-state index in [9.17, 15) is 0 Å². The quantitative estimate of drug-likeness (QED) is 0.649. The molecule has 84 valence electrons. The third-order valence-electron chi connectivity index (χ3n) is 3.09. The number of ether oxygens (including phenoxy) is 1. The normalized spacial score (nSPS) is 20.8. The minimum absolute atomic E-state index is 0.405. The first-order chi connectivity index (χ1) is 6.81. The third-order valence-corrected chi connectivity index (χ3v) is 3.09. The summed E-state index contributed by atoms with van der Waals surface area (Å²) in [6.45, 7) is 5.55. The summed E-state index contributed by atoms with van der Waals surface area (Å²) in [6.07, 6.45) is 6.91. The third kappa shape index (κ3) is 3.97. The van der Waals surface area contributed by atoms with Crippen LogP contribution in [0.25, 0.3) is 0 Å². The zero-order chi connectivity index (χ0) is 10.4. The lowest BCUT2D eigenvalue weighted by atomic mass is 10.0. The minimum atomic E-state index is 0.405. The van der Waals surface area contributed by atoms with Gasteiger partial charge < -0.3 is 10.1 Å². The van der Waals surface area contributed by atoms with E-state index in [0.717, 1.165) is 18.9 Å². The van der Waals surface area contributed by atoms with Crippen LogP contribution >= 0.6 is 0 Å². The van der Waals surface area contributed by atoms with Crippen molar-refractivity contribution < 1.29 is 4.74 Å². The van der Waals surface area contributed by atoms with Crippen molar-refractivity contribution in [2.45, 2.75) is 58.1 Å². The maximum Gasteiger partial charge on any atom is 0.0721 e. The largest absolute Gasteiger partial charge is 0.380 e. The Morgan fingerprint density at radius 3 is 2.50 bits per heavy atom. The molecule has 0 amide bonds. The summed E-state index contributed by atoms with van der Waals surface area (Å²) < 4.78 is 5.52. The first-order valence-electron chi connectivity index (χ1n) is 6.07. The van der Waals surface area contributed by atoms with Gasteiger partial charge >= 0.3 is 0 Å². The predicted octanol–water partition coefficient (Wildman–Crippen LogP) is 2.58. The summed E-state index contributed by atoms with van der Waals surface area (Å²) in [5.41, 5.74) is 0. The first-order valence-corrected chi connectivity index (χ1v) is 6.07. The molecule has 0 radical (unpaired) electrons. The van der Waals surface area contributed by atoms with Crippen LogP contribution in [-0.2, 0) is 4.74 Å². The van der Waals surface area contributed by atoms with Gasteiger partial charge in [-0.15, -0.1) is 0 Å². The molecule has 0 aliphatic heterocycles. The van der Waals surface area contributed by atoms with Crippen molar-refractivity contribution in [1.29, 1.82) is 0 Å². The van der Waals surface area contributed by atoms with Crippen molar-refractivity contribution in [1.82, 2.24) is 5.32 Å². The van der Waals surface area contributed by atoms with Crippen LogP contribution in [0.5, 0.6) is 0 Å². The molecule has 2 heteroatoms. The van der Waals surface area contributed by atoms with Gasteiger partial charge in [0.2, 0.25) is 0 Å². The molecule has 14 heavy (non-hydrogen) atoms. The van der Waals surface area contributed by atoms with E-state index in [1.807, 2.05) is 7.11 Å². The Morgan fingerprint density at radius 2 is 2.07 bits per heavy atom. The van der Waals surface area contributed by atoms with Crippen molar-refractivity contribution in [2.75, 3.05) is 13.7 Å². The molecule has 0 spiro atoms. The molecule has 0 aromatic heterocycles. The second-order valence-corrected chi connectivity index (χ2v) is 4.42. The summed E-state index contributed by atoms with van der Waals surface area (Å²) in [6, 6.07) is 0.581. The Morgan fingerprint density at radius 1 is 1.36 bits per heavy atom. The Hall–Kier alpha value is -0.0800. The van der Waals surface area contributed by atoms with Gasteiger partial charge in [-0.3, -0.25) is 0 Å². The van der Waals surface area contributed by atoms with Gasteiger partial charge in [-0.2, -0.15) is 0 Å². The van der Waals surface area contributed by atoms with E-state index >= 15 is 0 Å². The van der Waals surface area contributed by atoms with Crippen LogP contribution in [0.1, 0.15) is 46.0 Å². The highest BCUT2D eigenvalue weighted by molar-refractivity contribution is 4.84. The Bertz CT molecular complexity index is 141. The van der Waals surface area contributed by atoms with Gasteiger partial charge in [-0.05, 0) is 31.7 Å². The lowest BCUT2D eigenvalue weighted by Gasteiger charge is -2.26. The number of nitrogens with one attached hydrogen (secondary N) is 1. The van der Waals surface area contributed by atoms with Crippen LogP contribution in [0.15, 0.2) is 0 Å². The fourth-order valence-corrected chi connectivity index (χ4v) is 2.02. The number of hydrogen-bond donors (Lipinski definition) is 1. The smallest absolute Gasteiger partial charge is 0.0721 e. The van der Waals surface area contributed by atoms with E-state index in [4.69, 9.17) is 4.74 Å². The SMILES string of the molecule is CCCNC(CC1CC1)C(CC)OC.